The molecular formula is C11H15NO2. The van der Waals surface area contributed by atoms with Crippen molar-refractivity contribution in [3.05, 3.63) is 24.3 Å². The topological polar surface area (TPSA) is 55.5 Å². The second-order valence-corrected chi connectivity index (χ2v) is 4.09. The van der Waals surface area contributed by atoms with Crippen LogP contribution in [-0.4, -0.2) is 17.3 Å². The van der Waals surface area contributed by atoms with Gasteiger partial charge in [0.2, 0.25) is 0 Å². The molecule has 1 saturated carbocycles. The minimum absolute atomic E-state index is 0.171. The summed E-state index contributed by atoms with van der Waals surface area (Å²) in [4.78, 5) is 0. The molecule has 76 valence electrons. The van der Waals surface area contributed by atoms with Gasteiger partial charge < -0.3 is 15.6 Å². The molecule has 3 N–H and O–H groups in total. The number of phenolic OH excluding ortho intramolecular Hbond substituents is 1. The van der Waals surface area contributed by atoms with Crippen molar-refractivity contribution in [2.24, 2.45) is 11.7 Å². The number of nitrogens with two attached hydrogens (primary N) is 1. The summed E-state index contributed by atoms with van der Waals surface area (Å²) >= 11 is 0. The molecule has 14 heavy (non-hydrogen) atoms. The third-order valence-corrected chi connectivity index (χ3v) is 2.87. The van der Waals surface area contributed by atoms with E-state index in [4.69, 9.17) is 10.5 Å². The lowest BCUT2D eigenvalue weighted by atomic mass is 10.2. The summed E-state index contributed by atoms with van der Waals surface area (Å²) < 4.78 is 5.46. The van der Waals surface area contributed by atoms with Crippen LogP contribution in [0.3, 0.4) is 0 Å². The SMILES string of the molecule is CC1CC1(N)COc1ccccc1O. The highest BCUT2D eigenvalue weighted by Gasteiger charge is 2.48. The van der Waals surface area contributed by atoms with E-state index in [2.05, 4.69) is 6.92 Å². The van der Waals surface area contributed by atoms with Gasteiger partial charge in [0, 0.05) is 0 Å². The Labute approximate surface area is 83.5 Å². The van der Waals surface area contributed by atoms with Crippen molar-refractivity contribution >= 4 is 0 Å². The summed E-state index contributed by atoms with van der Waals surface area (Å²) in [6, 6.07) is 6.94. The van der Waals surface area contributed by atoms with Crippen molar-refractivity contribution < 1.29 is 9.84 Å². The molecule has 2 unspecified atom stereocenters. The van der Waals surface area contributed by atoms with Crippen molar-refractivity contribution in [2.75, 3.05) is 6.61 Å². The number of phenols is 1. The van der Waals surface area contributed by atoms with E-state index in [1.165, 1.54) is 0 Å². The highest BCUT2D eigenvalue weighted by Crippen LogP contribution is 2.41. The molecule has 0 spiro atoms. The van der Waals surface area contributed by atoms with E-state index in [-0.39, 0.29) is 11.3 Å². The summed E-state index contributed by atoms with van der Waals surface area (Å²) in [6.45, 7) is 2.58. The van der Waals surface area contributed by atoms with Crippen LogP contribution in [0.25, 0.3) is 0 Å². The van der Waals surface area contributed by atoms with Crippen molar-refractivity contribution in [3.63, 3.8) is 0 Å². The number of aromatic hydroxyl groups is 1. The van der Waals surface area contributed by atoms with Crippen LogP contribution in [-0.2, 0) is 0 Å². The zero-order valence-corrected chi connectivity index (χ0v) is 8.23. The Morgan fingerprint density at radius 1 is 1.57 bits per heavy atom. The first-order valence-corrected chi connectivity index (χ1v) is 4.81. The Bertz CT molecular complexity index is 340. The Morgan fingerprint density at radius 3 is 2.79 bits per heavy atom. The third-order valence-electron chi connectivity index (χ3n) is 2.87. The van der Waals surface area contributed by atoms with Gasteiger partial charge in [-0.2, -0.15) is 0 Å². The van der Waals surface area contributed by atoms with Gasteiger partial charge in [-0.1, -0.05) is 19.1 Å². The van der Waals surface area contributed by atoms with Gasteiger partial charge in [0.05, 0.1) is 5.54 Å². The number of para-hydroxylation sites is 2. The van der Waals surface area contributed by atoms with Gasteiger partial charge in [-0.25, -0.2) is 0 Å². The molecule has 3 nitrogen and oxygen atoms in total. The molecule has 1 aromatic carbocycles. The zero-order valence-electron chi connectivity index (χ0n) is 8.23. The Morgan fingerprint density at radius 2 is 2.21 bits per heavy atom. The minimum atomic E-state index is -0.178. The van der Waals surface area contributed by atoms with E-state index in [1.807, 2.05) is 6.07 Å². The maximum atomic E-state index is 9.43. The Hall–Kier alpha value is -1.22. The molecule has 0 bridgehead atoms. The van der Waals surface area contributed by atoms with E-state index >= 15 is 0 Å². The second kappa shape index (κ2) is 3.17. The fourth-order valence-electron chi connectivity index (χ4n) is 1.50. The third kappa shape index (κ3) is 1.68. The Kier molecular flexibility index (Phi) is 2.11. The molecule has 0 radical (unpaired) electrons. The summed E-state index contributed by atoms with van der Waals surface area (Å²) in [5.41, 5.74) is 5.80. The number of ether oxygens (including phenoxy) is 1. The fourth-order valence-corrected chi connectivity index (χ4v) is 1.50. The number of hydrogen-bond donors (Lipinski definition) is 2. The minimum Gasteiger partial charge on any atom is -0.504 e. The van der Waals surface area contributed by atoms with E-state index in [0.717, 1.165) is 6.42 Å². The van der Waals surface area contributed by atoms with Gasteiger partial charge in [0.25, 0.3) is 0 Å². The first-order chi connectivity index (χ1) is 6.62. The van der Waals surface area contributed by atoms with Gasteiger partial charge >= 0.3 is 0 Å². The summed E-state index contributed by atoms with van der Waals surface area (Å²) in [6.07, 6.45) is 1.00. The summed E-state index contributed by atoms with van der Waals surface area (Å²) in [5.74, 6) is 1.20. The highest BCUT2D eigenvalue weighted by molar-refractivity contribution is 5.38. The first-order valence-electron chi connectivity index (χ1n) is 4.81. The molecule has 1 fully saturated rings. The van der Waals surface area contributed by atoms with Crippen LogP contribution in [0.5, 0.6) is 11.5 Å². The normalized spacial score (nSPS) is 30.0. The lowest BCUT2D eigenvalue weighted by Gasteiger charge is -2.12. The monoisotopic (exact) mass is 193 g/mol. The standard InChI is InChI=1S/C11H15NO2/c1-8-6-11(8,12)7-14-10-5-3-2-4-9(10)13/h2-5,8,13H,6-7,12H2,1H3. The molecule has 0 saturated heterocycles. The molecule has 0 heterocycles. The predicted molar refractivity (Wildman–Crippen MR) is 54.3 cm³/mol. The molecule has 1 aromatic rings. The second-order valence-electron chi connectivity index (χ2n) is 4.09. The van der Waals surface area contributed by atoms with E-state index in [1.54, 1.807) is 18.2 Å². The molecule has 0 amide bonds. The van der Waals surface area contributed by atoms with Gasteiger partial charge in [-0.3, -0.25) is 0 Å². The van der Waals surface area contributed by atoms with E-state index in [9.17, 15) is 5.11 Å². The highest BCUT2D eigenvalue weighted by atomic mass is 16.5. The fraction of sp³-hybridized carbons (Fsp3) is 0.455. The largest absolute Gasteiger partial charge is 0.504 e. The van der Waals surface area contributed by atoms with Gasteiger partial charge in [-0.15, -0.1) is 0 Å². The van der Waals surface area contributed by atoms with Gasteiger partial charge in [0.15, 0.2) is 11.5 Å². The molecule has 0 aliphatic heterocycles. The van der Waals surface area contributed by atoms with Crippen LogP contribution in [0.15, 0.2) is 24.3 Å². The molecule has 1 aliphatic rings. The van der Waals surface area contributed by atoms with Crippen LogP contribution in [0.2, 0.25) is 0 Å². The smallest absolute Gasteiger partial charge is 0.161 e. The average molecular weight is 193 g/mol. The van der Waals surface area contributed by atoms with Crippen LogP contribution in [0.1, 0.15) is 13.3 Å². The van der Waals surface area contributed by atoms with E-state index < -0.39 is 0 Å². The molecular weight excluding hydrogens is 178 g/mol. The maximum Gasteiger partial charge on any atom is 0.161 e. The van der Waals surface area contributed by atoms with Crippen LogP contribution in [0, 0.1) is 5.92 Å². The molecule has 0 aromatic heterocycles. The summed E-state index contributed by atoms with van der Waals surface area (Å²) in [5, 5.41) is 9.43. The first kappa shape index (κ1) is 9.34. The van der Waals surface area contributed by atoms with Crippen molar-refractivity contribution in [1.82, 2.24) is 0 Å². The number of hydrogen-bond acceptors (Lipinski definition) is 3. The lowest BCUT2D eigenvalue weighted by Crippen LogP contribution is -2.32. The molecule has 3 heteroatoms. The molecule has 1 aliphatic carbocycles. The summed E-state index contributed by atoms with van der Waals surface area (Å²) in [7, 11) is 0. The molecule has 2 atom stereocenters. The number of benzene rings is 1. The van der Waals surface area contributed by atoms with Crippen LogP contribution in [0.4, 0.5) is 0 Å². The average Bonchev–Trinajstić information content (AvgIpc) is 2.74. The quantitative estimate of drug-likeness (QED) is 0.765. The van der Waals surface area contributed by atoms with Crippen molar-refractivity contribution in [3.8, 4) is 11.5 Å². The lowest BCUT2D eigenvalue weighted by molar-refractivity contribution is 0.260. The van der Waals surface area contributed by atoms with E-state index in [0.29, 0.717) is 18.3 Å². The van der Waals surface area contributed by atoms with Crippen molar-refractivity contribution in [2.45, 2.75) is 18.9 Å². The van der Waals surface area contributed by atoms with Gasteiger partial charge in [-0.05, 0) is 24.5 Å². The number of rotatable bonds is 3. The van der Waals surface area contributed by atoms with Crippen LogP contribution >= 0.6 is 0 Å². The predicted octanol–water partition coefficient (Wildman–Crippen LogP) is 1.51. The van der Waals surface area contributed by atoms with Crippen molar-refractivity contribution in [1.29, 1.82) is 0 Å². The van der Waals surface area contributed by atoms with Gasteiger partial charge in [0.1, 0.15) is 6.61 Å². The Balaban J connectivity index is 1.96. The maximum absolute atomic E-state index is 9.43. The molecule has 2 rings (SSSR count). The van der Waals surface area contributed by atoms with Crippen LogP contribution < -0.4 is 10.5 Å². The zero-order chi connectivity index (χ0) is 10.2.